The van der Waals surface area contributed by atoms with Gasteiger partial charge in [-0.1, -0.05) is 24.3 Å². The molecule has 2 heterocycles. The van der Waals surface area contributed by atoms with Crippen molar-refractivity contribution in [3.8, 4) is 0 Å². The fourth-order valence-corrected chi connectivity index (χ4v) is 3.00. The first-order chi connectivity index (χ1) is 10.5. The van der Waals surface area contributed by atoms with Gasteiger partial charge >= 0.3 is 0 Å². The lowest BCUT2D eigenvalue weighted by atomic mass is 10.0. The minimum absolute atomic E-state index is 0.00617. The molecule has 1 N–H and O–H groups in total. The van der Waals surface area contributed by atoms with E-state index in [1.807, 2.05) is 12.1 Å². The lowest BCUT2D eigenvalue weighted by Gasteiger charge is -2.30. The highest BCUT2D eigenvalue weighted by atomic mass is 16.2. The highest BCUT2D eigenvalue weighted by Crippen LogP contribution is 2.39. The molecule has 0 radical (unpaired) electrons. The molecule has 3 amide bonds. The van der Waals surface area contributed by atoms with Gasteiger partial charge in [-0.05, 0) is 23.9 Å². The maximum atomic E-state index is 12.7. The topological polar surface area (TPSA) is 66.5 Å². The molecule has 4 rings (SSSR count). The molecule has 0 bridgehead atoms. The van der Waals surface area contributed by atoms with E-state index in [1.54, 1.807) is 24.3 Å². The van der Waals surface area contributed by atoms with E-state index in [4.69, 9.17) is 1.37 Å². The third-order valence-electron chi connectivity index (χ3n) is 3.93. The van der Waals surface area contributed by atoms with Crippen molar-refractivity contribution in [2.75, 3.05) is 4.90 Å². The Bertz CT molecular complexity index is 858. The Morgan fingerprint density at radius 2 is 1.90 bits per heavy atom. The van der Waals surface area contributed by atoms with E-state index in [1.165, 1.54) is 4.90 Å². The third kappa shape index (κ3) is 1.60. The second-order valence-corrected chi connectivity index (χ2v) is 5.15. The molecular weight excluding hydrogens is 268 g/mol. The van der Waals surface area contributed by atoms with E-state index < -0.39 is 17.8 Å². The number of hydrogen-bond acceptors (Lipinski definition) is 3. The molecule has 1 atom stereocenters. The fourth-order valence-electron chi connectivity index (χ4n) is 3.00. The Balaban J connectivity index is 1.92. The van der Waals surface area contributed by atoms with Gasteiger partial charge in [0.1, 0.15) is 6.02 Å². The summed E-state index contributed by atoms with van der Waals surface area (Å²) in [7, 11) is 0. The van der Waals surface area contributed by atoms with Gasteiger partial charge in [0.15, 0.2) is 0 Å². The summed E-state index contributed by atoms with van der Waals surface area (Å²) in [5, 5.41) is 3.81. The molecular formula is C16H12N2O3. The zero-order valence-electron chi connectivity index (χ0n) is 12.1. The molecule has 2 aliphatic rings. The van der Waals surface area contributed by atoms with Crippen LogP contribution in [0.4, 0.5) is 5.69 Å². The molecule has 0 unspecified atom stereocenters. The number of benzene rings is 2. The van der Waals surface area contributed by atoms with E-state index in [-0.39, 0.29) is 18.7 Å². The van der Waals surface area contributed by atoms with Crippen LogP contribution in [0.3, 0.4) is 0 Å². The molecule has 0 aliphatic carbocycles. The molecule has 2 aliphatic heterocycles. The summed E-state index contributed by atoms with van der Waals surface area (Å²) < 4.78 is 8.52. The predicted molar refractivity (Wildman–Crippen MR) is 76.9 cm³/mol. The van der Waals surface area contributed by atoms with Crippen molar-refractivity contribution < 1.29 is 15.8 Å². The quantitative estimate of drug-likeness (QED) is 0.807. The Hall–Kier alpha value is -2.69. The Kier molecular flexibility index (Phi) is 2.18. The van der Waals surface area contributed by atoms with Gasteiger partial charge in [0, 0.05) is 17.4 Å². The summed E-state index contributed by atoms with van der Waals surface area (Å²) >= 11 is 0. The van der Waals surface area contributed by atoms with E-state index in [0.717, 1.165) is 10.8 Å². The number of nitrogens with zero attached hydrogens (tertiary/aromatic N) is 1. The number of imide groups is 1. The molecule has 2 aromatic rings. The average molecular weight is 281 g/mol. The maximum Gasteiger partial charge on any atom is 0.259 e. The van der Waals surface area contributed by atoms with Crippen LogP contribution in [0.25, 0.3) is 10.8 Å². The van der Waals surface area contributed by atoms with Gasteiger partial charge in [0.05, 0.1) is 7.06 Å². The summed E-state index contributed by atoms with van der Waals surface area (Å²) in [4.78, 5) is 37.5. The van der Waals surface area contributed by atoms with Crippen LogP contribution >= 0.6 is 0 Å². The van der Waals surface area contributed by atoms with Crippen molar-refractivity contribution in [1.82, 2.24) is 5.32 Å². The Labute approximate surface area is 121 Å². The number of carbonyl (C=O) groups excluding carboxylic acids is 3. The van der Waals surface area contributed by atoms with E-state index in [0.29, 0.717) is 11.3 Å². The molecule has 21 heavy (non-hydrogen) atoms. The third-order valence-corrected chi connectivity index (χ3v) is 3.93. The minimum Gasteiger partial charge on any atom is -0.295 e. The zero-order valence-corrected chi connectivity index (χ0v) is 11.1. The highest BCUT2D eigenvalue weighted by Gasteiger charge is 2.40. The van der Waals surface area contributed by atoms with Gasteiger partial charge in [0.2, 0.25) is 11.8 Å². The van der Waals surface area contributed by atoms with Crippen LogP contribution in [0, 0.1) is 0 Å². The van der Waals surface area contributed by atoms with Gasteiger partial charge < -0.3 is 0 Å². The number of piperidine rings is 1. The predicted octanol–water partition coefficient (Wildman–Crippen LogP) is 1.61. The Morgan fingerprint density at radius 3 is 2.67 bits per heavy atom. The van der Waals surface area contributed by atoms with Crippen molar-refractivity contribution in [3.05, 3.63) is 42.0 Å². The van der Waals surface area contributed by atoms with E-state index in [2.05, 4.69) is 5.32 Å². The Morgan fingerprint density at radius 1 is 1.14 bits per heavy atom. The standard InChI is InChI=1S/C16H12N2O3/c19-13-8-7-12(15(20)17-13)18-11-6-2-4-9-3-1-5-10(14(9)11)16(18)21/h1-6,12H,7-8H2,(H,17,19,20)/t12-/m0/s1/i12D. The van der Waals surface area contributed by atoms with E-state index in [9.17, 15) is 14.4 Å². The van der Waals surface area contributed by atoms with Crippen LogP contribution in [0.1, 0.15) is 24.6 Å². The number of rotatable bonds is 1. The highest BCUT2D eigenvalue weighted by molar-refractivity contribution is 6.27. The normalized spacial score (nSPS) is 25.2. The summed E-state index contributed by atoms with van der Waals surface area (Å²) in [6.07, 6.45) is 0.0408. The van der Waals surface area contributed by atoms with Crippen molar-refractivity contribution in [3.63, 3.8) is 0 Å². The molecule has 2 aromatic carbocycles. The molecule has 0 aromatic heterocycles. The summed E-state index contributed by atoms with van der Waals surface area (Å²) in [5.74, 6) is -1.52. The summed E-state index contributed by atoms with van der Waals surface area (Å²) in [6.45, 7) is 0. The van der Waals surface area contributed by atoms with E-state index >= 15 is 0 Å². The molecule has 104 valence electrons. The SMILES string of the molecule is [2H][C@]1(N2C(=O)c3cccc4cccc2c34)CCC(=O)NC1=O. The van der Waals surface area contributed by atoms with Gasteiger partial charge in [-0.3, -0.25) is 24.6 Å². The molecule has 5 nitrogen and oxygen atoms in total. The number of nitrogens with one attached hydrogen (secondary N) is 1. The molecule has 0 spiro atoms. The minimum atomic E-state index is -1.79. The first-order valence-corrected chi connectivity index (χ1v) is 6.73. The molecule has 0 saturated carbocycles. The summed E-state index contributed by atoms with van der Waals surface area (Å²) in [6, 6.07) is 8.99. The number of anilines is 1. The molecule has 1 saturated heterocycles. The number of hydrogen-bond donors (Lipinski definition) is 1. The van der Waals surface area contributed by atoms with Crippen molar-refractivity contribution in [2.24, 2.45) is 0 Å². The first-order valence-electron chi connectivity index (χ1n) is 7.23. The van der Waals surface area contributed by atoms with Crippen molar-refractivity contribution >= 4 is 34.2 Å². The van der Waals surface area contributed by atoms with Gasteiger partial charge in [-0.25, -0.2) is 0 Å². The fraction of sp³-hybridized carbons (Fsp3) is 0.188. The lowest BCUT2D eigenvalue weighted by molar-refractivity contribution is -0.134. The van der Waals surface area contributed by atoms with Gasteiger partial charge in [-0.2, -0.15) is 0 Å². The van der Waals surface area contributed by atoms with Crippen LogP contribution in [-0.2, 0) is 9.59 Å². The molecule has 5 heteroatoms. The second kappa shape index (κ2) is 4.15. The van der Waals surface area contributed by atoms with Crippen LogP contribution in [0.5, 0.6) is 0 Å². The van der Waals surface area contributed by atoms with Crippen LogP contribution in [0.2, 0.25) is 0 Å². The van der Waals surface area contributed by atoms with Crippen molar-refractivity contribution in [1.29, 1.82) is 0 Å². The van der Waals surface area contributed by atoms with Gasteiger partial charge in [-0.15, -0.1) is 0 Å². The zero-order chi connectivity index (χ0) is 15.5. The average Bonchev–Trinajstić information content (AvgIpc) is 2.79. The maximum absolute atomic E-state index is 12.7. The first kappa shape index (κ1) is 11.0. The largest absolute Gasteiger partial charge is 0.295 e. The summed E-state index contributed by atoms with van der Waals surface area (Å²) in [5.41, 5.74) is 1.04. The lowest BCUT2D eigenvalue weighted by Crippen LogP contribution is -2.53. The van der Waals surface area contributed by atoms with Gasteiger partial charge in [0.25, 0.3) is 5.91 Å². The smallest absolute Gasteiger partial charge is 0.259 e. The number of amides is 3. The monoisotopic (exact) mass is 281 g/mol. The van der Waals surface area contributed by atoms with Crippen molar-refractivity contribution in [2.45, 2.75) is 18.9 Å². The van der Waals surface area contributed by atoms with Crippen LogP contribution in [0.15, 0.2) is 36.4 Å². The van der Waals surface area contributed by atoms with Crippen LogP contribution in [-0.4, -0.2) is 23.7 Å². The number of carbonyl (C=O) groups is 3. The van der Waals surface area contributed by atoms with Crippen LogP contribution < -0.4 is 10.2 Å². The molecule has 1 fully saturated rings. The second-order valence-electron chi connectivity index (χ2n) is 5.15.